The first-order chi connectivity index (χ1) is 11.6. The van der Waals surface area contributed by atoms with Crippen molar-refractivity contribution >= 4 is 23.2 Å². The lowest BCUT2D eigenvalue weighted by Gasteiger charge is -2.22. The second kappa shape index (κ2) is 7.21. The average molecular weight is 327 g/mol. The van der Waals surface area contributed by atoms with Crippen LogP contribution in [0, 0.1) is 0 Å². The predicted octanol–water partition coefficient (Wildman–Crippen LogP) is 2.64. The quantitative estimate of drug-likeness (QED) is 0.885. The number of hydrogen-bond acceptors (Lipinski definition) is 4. The monoisotopic (exact) mass is 327 g/mol. The third-order valence-electron chi connectivity index (χ3n) is 4.13. The van der Waals surface area contributed by atoms with E-state index in [2.05, 4.69) is 15.5 Å². The molecule has 126 valence electrons. The van der Waals surface area contributed by atoms with Crippen molar-refractivity contribution in [3.63, 3.8) is 0 Å². The minimum Gasteiger partial charge on any atom is -0.472 e. The molecular formula is C18H21N3O3. The predicted molar refractivity (Wildman–Crippen MR) is 92.2 cm³/mol. The van der Waals surface area contributed by atoms with E-state index >= 15 is 0 Å². The Morgan fingerprint density at radius 3 is 2.62 bits per heavy atom. The standard InChI is InChI=1S/C18H21N3O3/c1-13(19-18(23)14-8-11-24-12-14)17(22)20-15-6-2-3-7-16(15)21-9-4-5-10-21/h2-3,6-8,11-13H,4-5,9-10H2,1H3,(H,19,23)(H,20,22)/t13-/m1/s1. The molecule has 3 rings (SSSR count). The van der Waals surface area contributed by atoms with Crippen LogP contribution in [0.1, 0.15) is 30.1 Å². The molecule has 0 unspecified atom stereocenters. The van der Waals surface area contributed by atoms with E-state index in [1.165, 1.54) is 25.4 Å². The molecule has 0 saturated carbocycles. The van der Waals surface area contributed by atoms with Gasteiger partial charge in [0.05, 0.1) is 23.2 Å². The molecule has 1 aliphatic rings. The van der Waals surface area contributed by atoms with Gasteiger partial charge in [0.1, 0.15) is 12.3 Å². The molecule has 0 aliphatic carbocycles. The number of carbonyl (C=O) groups excluding carboxylic acids is 2. The molecule has 2 N–H and O–H groups in total. The Hall–Kier alpha value is -2.76. The van der Waals surface area contributed by atoms with Crippen LogP contribution in [0.4, 0.5) is 11.4 Å². The van der Waals surface area contributed by atoms with E-state index in [0.29, 0.717) is 5.56 Å². The summed E-state index contributed by atoms with van der Waals surface area (Å²) in [7, 11) is 0. The Morgan fingerprint density at radius 2 is 1.92 bits per heavy atom. The van der Waals surface area contributed by atoms with Gasteiger partial charge in [-0.1, -0.05) is 12.1 Å². The number of anilines is 2. The van der Waals surface area contributed by atoms with Crippen LogP contribution in [-0.2, 0) is 4.79 Å². The van der Waals surface area contributed by atoms with Gasteiger partial charge in [-0.15, -0.1) is 0 Å². The Morgan fingerprint density at radius 1 is 1.17 bits per heavy atom. The van der Waals surface area contributed by atoms with E-state index in [-0.39, 0.29) is 11.8 Å². The van der Waals surface area contributed by atoms with Crippen LogP contribution in [0.2, 0.25) is 0 Å². The zero-order valence-corrected chi connectivity index (χ0v) is 13.6. The summed E-state index contributed by atoms with van der Waals surface area (Å²) in [6, 6.07) is 8.66. The van der Waals surface area contributed by atoms with Crippen molar-refractivity contribution in [1.29, 1.82) is 0 Å². The van der Waals surface area contributed by atoms with E-state index < -0.39 is 6.04 Å². The number of nitrogens with one attached hydrogen (secondary N) is 2. The second-order valence-corrected chi connectivity index (χ2v) is 5.91. The highest BCUT2D eigenvalue weighted by Gasteiger charge is 2.20. The number of amides is 2. The van der Waals surface area contributed by atoms with Crippen molar-refractivity contribution in [3.8, 4) is 0 Å². The molecule has 1 aromatic heterocycles. The van der Waals surface area contributed by atoms with Gasteiger partial charge in [0.15, 0.2) is 0 Å². The molecule has 0 spiro atoms. The van der Waals surface area contributed by atoms with Gasteiger partial charge in [-0.2, -0.15) is 0 Å². The molecule has 2 heterocycles. The van der Waals surface area contributed by atoms with Crippen molar-refractivity contribution < 1.29 is 14.0 Å². The van der Waals surface area contributed by atoms with Crippen LogP contribution in [0.15, 0.2) is 47.3 Å². The van der Waals surface area contributed by atoms with Crippen LogP contribution in [-0.4, -0.2) is 30.9 Å². The smallest absolute Gasteiger partial charge is 0.255 e. The van der Waals surface area contributed by atoms with Crippen molar-refractivity contribution in [2.75, 3.05) is 23.3 Å². The van der Waals surface area contributed by atoms with E-state index in [1.807, 2.05) is 24.3 Å². The van der Waals surface area contributed by atoms with Crippen molar-refractivity contribution in [1.82, 2.24) is 5.32 Å². The minimum absolute atomic E-state index is 0.251. The lowest BCUT2D eigenvalue weighted by molar-refractivity contribution is -0.117. The summed E-state index contributed by atoms with van der Waals surface area (Å²) in [6.45, 7) is 3.66. The van der Waals surface area contributed by atoms with Crippen LogP contribution in [0.3, 0.4) is 0 Å². The third-order valence-corrected chi connectivity index (χ3v) is 4.13. The highest BCUT2D eigenvalue weighted by molar-refractivity contribution is 6.02. The number of furan rings is 1. The Bertz CT molecular complexity index is 706. The Kier molecular flexibility index (Phi) is 4.84. The fourth-order valence-electron chi connectivity index (χ4n) is 2.79. The summed E-state index contributed by atoms with van der Waals surface area (Å²) in [6.07, 6.45) is 5.10. The SMILES string of the molecule is C[C@@H](NC(=O)c1ccoc1)C(=O)Nc1ccccc1N1CCCC1. The minimum atomic E-state index is -0.654. The van der Waals surface area contributed by atoms with Gasteiger partial charge in [0.2, 0.25) is 5.91 Å². The van der Waals surface area contributed by atoms with Gasteiger partial charge in [0.25, 0.3) is 5.91 Å². The zero-order chi connectivity index (χ0) is 16.9. The molecule has 6 heteroatoms. The van der Waals surface area contributed by atoms with Crippen LogP contribution in [0.5, 0.6) is 0 Å². The highest BCUT2D eigenvalue weighted by Crippen LogP contribution is 2.28. The maximum Gasteiger partial charge on any atom is 0.255 e. The molecule has 0 radical (unpaired) electrons. The van der Waals surface area contributed by atoms with Gasteiger partial charge in [-0.25, -0.2) is 0 Å². The summed E-state index contributed by atoms with van der Waals surface area (Å²) in [5, 5.41) is 5.59. The first-order valence-corrected chi connectivity index (χ1v) is 8.13. The van der Waals surface area contributed by atoms with Crippen molar-refractivity contribution in [2.45, 2.75) is 25.8 Å². The highest BCUT2D eigenvalue weighted by atomic mass is 16.3. The fraction of sp³-hybridized carbons (Fsp3) is 0.333. The molecule has 1 atom stereocenters. The number of benzene rings is 1. The van der Waals surface area contributed by atoms with Crippen LogP contribution >= 0.6 is 0 Å². The van der Waals surface area contributed by atoms with Crippen molar-refractivity contribution in [2.24, 2.45) is 0 Å². The molecule has 2 amide bonds. The van der Waals surface area contributed by atoms with Gasteiger partial charge in [0, 0.05) is 13.1 Å². The van der Waals surface area contributed by atoms with E-state index in [4.69, 9.17) is 4.42 Å². The van der Waals surface area contributed by atoms with E-state index in [9.17, 15) is 9.59 Å². The van der Waals surface area contributed by atoms with Gasteiger partial charge >= 0.3 is 0 Å². The first kappa shape index (κ1) is 16.1. The summed E-state index contributed by atoms with van der Waals surface area (Å²) >= 11 is 0. The Balaban J connectivity index is 1.65. The average Bonchev–Trinajstić information content (AvgIpc) is 3.29. The van der Waals surface area contributed by atoms with E-state index in [1.54, 1.807) is 13.0 Å². The lowest BCUT2D eigenvalue weighted by atomic mass is 10.2. The largest absolute Gasteiger partial charge is 0.472 e. The number of hydrogen-bond donors (Lipinski definition) is 2. The topological polar surface area (TPSA) is 74.6 Å². The molecule has 1 fully saturated rings. The normalized spacial score (nSPS) is 15.1. The van der Waals surface area contributed by atoms with Crippen LogP contribution in [0.25, 0.3) is 0 Å². The number of para-hydroxylation sites is 2. The summed E-state index contributed by atoms with van der Waals surface area (Å²) in [5.74, 6) is -0.585. The molecule has 1 aromatic carbocycles. The first-order valence-electron chi connectivity index (χ1n) is 8.13. The van der Waals surface area contributed by atoms with Gasteiger partial charge in [-0.05, 0) is 38.0 Å². The number of rotatable bonds is 5. The second-order valence-electron chi connectivity index (χ2n) is 5.91. The number of nitrogens with zero attached hydrogens (tertiary/aromatic N) is 1. The number of carbonyl (C=O) groups is 2. The zero-order valence-electron chi connectivity index (χ0n) is 13.6. The molecule has 0 bridgehead atoms. The van der Waals surface area contributed by atoms with E-state index in [0.717, 1.165) is 24.5 Å². The fourth-order valence-corrected chi connectivity index (χ4v) is 2.79. The Labute approximate surface area is 140 Å². The summed E-state index contributed by atoms with van der Waals surface area (Å²) < 4.78 is 4.88. The lowest BCUT2D eigenvalue weighted by Crippen LogP contribution is -2.41. The molecular weight excluding hydrogens is 306 g/mol. The molecule has 2 aromatic rings. The van der Waals surface area contributed by atoms with Gasteiger partial charge in [-0.3, -0.25) is 9.59 Å². The maximum absolute atomic E-state index is 12.4. The summed E-state index contributed by atoms with van der Waals surface area (Å²) in [5.41, 5.74) is 2.19. The third kappa shape index (κ3) is 3.59. The summed E-state index contributed by atoms with van der Waals surface area (Å²) in [4.78, 5) is 26.7. The van der Waals surface area contributed by atoms with Crippen LogP contribution < -0.4 is 15.5 Å². The van der Waals surface area contributed by atoms with Crippen molar-refractivity contribution in [3.05, 3.63) is 48.4 Å². The molecule has 1 saturated heterocycles. The molecule has 24 heavy (non-hydrogen) atoms. The molecule has 1 aliphatic heterocycles. The molecule has 6 nitrogen and oxygen atoms in total. The maximum atomic E-state index is 12.4. The van der Waals surface area contributed by atoms with Gasteiger partial charge < -0.3 is 20.0 Å².